The number of thioether (sulfide) groups is 1. The SMILES string of the molecule is Cc1c(C#N)c(NC(=O)CSc2nnnn2CC2CCCO2)n(CC2CCCO2)c1C. The standard InChI is InChI=1S/C20H27N7O3S/c1-13-14(2)26(10-15-5-3-7-29-15)19(17(13)9-21)22-18(28)12-31-20-23-24-25-27(20)11-16-6-4-8-30-16/h15-16H,3-8,10-12H2,1-2H3,(H,22,28). The number of nitrogens with zero attached hydrogens (tertiary/aromatic N) is 6. The van der Waals surface area contributed by atoms with Crippen LogP contribution in [0.2, 0.25) is 0 Å². The molecule has 0 saturated carbocycles. The van der Waals surface area contributed by atoms with Gasteiger partial charge in [-0.1, -0.05) is 11.8 Å². The van der Waals surface area contributed by atoms with E-state index < -0.39 is 0 Å². The molecule has 11 heteroatoms. The number of rotatable bonds is 8. The van der Waals surface area contributed by atoms with Crippen LogP contribution in [0.1, 0.15) is 42.5 Å². The van der Waals surface area contributed by atoms with Gasteiger partial charge in [-0.3, -0.25) is 4.79 Å². The highest BCUT2D eigenvalue weighted by Crippen LogP contribution is 2.29. The Morgan fingerprint density at radius 1 is 1.23 bits per heavy atom. The monoisotopic (exact) mass is 445 g/mol. The van der Waals surface area contributed by atoms with Crippen LogP contribution in [-0.2, 0) is 27.4 Å². The fraction of sp³-hybridized carbons (Fsp3) is 0.650. The smallest absolute Gasteiger partial charge is 0.235 e. The number of carbonyl (C=O) groups is 1. The Kier molecular flexibility index (Phi) is 6.89. The molecule has 2 aliphatic rings. The number of amides is 1. The highest BCUT2D eigenvalue weighted by Gasteiger charge is 2.24. The summed E-state index contributed by atoms with van der Waals surface area (Å²) in [4.78, 5) is 12.8. The highest BCUT2D eigenvalue weighted by atomic mass is 32.2. The summed E-state index contributed by atoms with van der Waals surface area (Å²) in [6, 6.07) is 2.24. The van der Waals surface area contributed by atoms with Gasteiger partial charge < -0.3 is 19.4 Å². The lowest BCUT2D eigenvalue weighted by Gasteiger charge is -2.16. The first-order valence-electron chi connectivity index (χ1n) is 10.6. The van der Waals surface area contributed by atoms with Crippen LogP contribution >= 0.6 is 11.8 Å². The summed E-state index contributed by atoms with van der Waals surface area (Å²) in [5, 5.41) is 25.0. The third kappa shape index (κ3) is 4.92. The number of nitriles is 1. The van der Waals surface area contributed by atoms with E-state index >= 15 is 0 Å². The molecule has 1 amide bonds. The van der Waals surface area contributed by atoms with E-state index in [1.165, 1.54) is 11.8 Å². The summed E-state index contributed by atoms with van der Waals surface area (Å²) >= 11 is 1.27. The molecule has 0 spiro atoms. The Morgan fingerprint density at radius 2 is 1.94 bits per heavy atom. The fourth-order valence-corrected chi connectivity index (χ4v) is 4.73. The molecule has 2 atom stereocenters. The van der Waals surface area contributed by atoms with Gasteiger partial charge in [-0.15, -0.1) is 5.10 Å². The lowest BCUT2D eigenvalue weighted by atomic mass is 10.2. The molecule has 4 rings (SSSR count). The van der Waals surface area contributed by atoms with Crippen molar-refractivity contribution in [1.29, 1.82) is 5.26 Å². The molecule has 2 aromatic heterocycles. The van der Waals surface area contributed by atoms with E-state index in [9.17, 15) is 10.1 Å². The van der Waals surface area contributed by atoms with Crippen molar-refractivity contribution in [3.8, 4) is 6.07 Å². The summed E-state index contributed by atoms with van der Waals surface area (Å²) < 4.78 is 15.1. The molecule has 2 fully saturated rings. The van der Waals surface area contributed by atoms with Gasteiger partial charge in [-0.2, -0.15) is 5.26 Å². The summed E-state index contributed by atoms with van der Waals surface area (Å²) in [6.07, 6.45) is 4.26. The lowest BCUT2D eigenvalue weighted by Crippen LogP contribution is -2.22. The number of hydrogen-bond acceptors (Lipinski definition) is 8. The molecular formula is C20H27N7O3S. The Labute approximate surface area is 185 Å². The first-order chi connectivity index (χ1) is 15.1. The first-order valence-corrected chi connectivity index (χ1v) is 11.6. The second-order valence-electron chi connectivity index (χ2n) is 7.91. The van der Waals surface area contributed by atoms with Crippen molar-refractivity contribution in [3.63, 3.8) is 0 Å². The van der Waals surface area contributed by atoms with Crippen molar-refractivity contribution in [2.45, 2.75) is 70.0 Å². The Morgan fingerprint density at radius 3 is 2.58 bits per heavy atom. The predicted molar refractivity (Wildman–Crippen MR) is 114 cm³/mol. The molecule has 1 N–H and O–H groups in total. The number of ether oxygens (including phenoxy) is 2. The molecule has 10 nitrogen and oxygen atoms in total. The van der Waals surface area contributed by atoms with Crippen molar-refractivity contribution in [1.82, 2.24) is 24.8 Å². The zero-order valence-electron chi connectivity index (χ0n) is 17.8. The number of tetrazole rings is 1. The molecule has 2 unspecified atom stereocenters. The topological polar surface area (TPSA) is 120 Å². The maximum atomic E-state index is 12.8. The second-order valence-corrected chi connectivity index (χ2v) is 8.85. The number of aromatic nitrogens is 5. The lowest BCUT2D eigenvalue weighted by molar-refractivity contribution is -0.113. The molecule has 0 aromatic carbocycles. The van der Waals surface area contributed by atoms with Crippen molar-refractivity contribution in [3.05, 3.63) is 16.8 Å². The summed E-state index contributed by atoms with van der Waals surface area (Å²) in [7, 11) is 0. The molecule has 2 aromatic rings. The summed E-state index contributed by atoms with van der Waals surface area (Å²) in [5.41, 5.74) is 2.34. The molecule has 2 saturated heterocycles. The van der Waals surface area contributed by atoms with Crippen LogP contribution in [0.25, 0.3) is 0 Å². The quantitative estimate of drug-likeness (QED) is 0.613. The zero-order valence-corrected chi connectivity index (χ0v) is 18.7. The maximum absolute atomic E-state index is 12.8. The van der Waals surface area contributed by atoms with Crippen LogP contribution in [-0.4, -0.2) is 61.9 Å². The third-order valence-corrected chi connectivity index (χ3v) is 6.80. The minimum Gasteiger partial charge on any atom is -0.376 e. The van der Waals surface area contributed by atoms with E-state index in [0.29, 0.717) is 29.6 Å². The van der Waals surface area contributed by atoms with Gasteiger partial charge >= 0.3 is 0 Å². The average Bonchev–Trinajstić information content (AvgIpc) is 3.55. The van der Waals surface area contributed by atoms with E-state index in [1.54, 1.807) is 4.68 Å². The minimum absolute atomic E-state index is 0.101. The van der Waals surface area contributed by atoms with Gasteiger partial charge in [0.1, 0.15) is 11.9 Å². The van der Waals surface area contributed by atoms with E-state index in [2.05, 4.69) is 26.9 Å². The maximum Gasteiger partial charge on any atom is 0.235 e. The van der Waals surface area contributed by atoms with Gasteiger partial charge in [0.2, 0.25) is 11.1 Å². The van der Waals surface area contributed by atoms with Gasteiger partial charge in [-0.25, -0.2) is 4.68 Å². The van der Waals surface area contributed by atoms with E-state index in [1.807, 2.05) is 18.4 Å². The van der Waals surface area contributed by atoms with Gasteiger partial charge in [0.15, 0.2) is 0 Å². The van der Waals surface area contributed by atoms with Gasteiger partial charge in [-0.05, 0) is 55.5 Å². The van der Waals surface area contributed by atoms with Crippen molar-refractivity contribution < 1.29 is 14.3 Å². The largest absolute Gasteiger partial charge is 0.376 e. The van der Waals surface area contributed by atoms with Crippen molar-refractivity contribution >= 4 is 23.5 Å². The number of carbonyl (C=O) groups excluding carboxylic acids is 1. The van der Waals surface area contributed by atoms with Crippen molar-refractivity contribution in [2.24, 2.45) is 0 Å². The number of nitrogens with one attached hydrogen (secondary N) is 1. The highest BCUT2D eigenvalue weighted by molar-refractivity contribution is 7.99. The van der Waals surface area contributed by atoms with Crippen LogP contribution in [0.4, 0.5) is 5.82 Å². The molecule has 4 heterocycles. The number of anilines is 1. The molecule has 0 bridgehead atoms. The first kappa shape index (κ1) is 21.8. The van der Waals surface area contributed by atoms with Gasteiger partial charge in [0.25, 0.3) is 0 Å². The summed E-state index contributed by atoms with van der Waals surface area (Å²) in [6.45, 7) is 6.60. The van der Waals surface area contributed by atoms with E-state index in [4.69, 9.17) is 9.47 Å². The third-order valence-electron chi connectivity index (χ3n) is 5.84. The van der Waals surface area contributed by atoms with Gasteiger partial charge in [0.05, 0.1) is 36.6 Å². The normalized spacial score (nSPS) is 20.8. The number of hydrogen-bond donors (Lipinski definition) is 1. The van der Waals surface area contributed by atoms with Crippen LogP contribution in [0, 0.1) is 25.2 Å². The Hall–Kier alpha value is -2.42. The van der Waals surface area contributed by atoms with Crippen molar-refractivity contribution in [2.75, 3.05) is 24.3 Å². The van der Waals surface area contributed by atoms with E-state index in [0.717, 1.165) is 50.2 Å². The zero-order chi connectivity index (χ0) is 21.8. The molecule has 0 radical (unpaired) electrons. The minimum atomic E-state index is -0.209. The molecule has 31 heavy (non-hydrogen) atoms. The van der Waals surface area contributed by atoms with Crippen LogP contribution in [0.15, 0.2) is 5.16 Å². The Bertz CT molecular complexity index is 968. The van der Waals surface area contributed by atoms with E-state index in [-0.39, 0.29) is 23.9 Å². The van der Waals surface area contributed by atoms with Crippen LogP contribution < -0.4 is 5.32 Å². The predicted octanol–water partition coefficient (Wildman–Crippen LogP) is 2.05. The molecular weight excluding hydrogens is 418 g/mol. The average molecular weight is 446 g/mol. The molecule has 0 aliphatic carbocycles. The molecule has 166 valence electrons. The molecule has 2 aliphatic heterocycles. The fourth-order valence-electron chi connectivity index (χ4n) is 4.04. The second kappa shape index (κ2) is 9.80. The summed E-state index contributed by atoms with van der Waals surface area (Å²) in [5.74, 6) is 0.469. The van der Waals surface area contributed by atoms with Crippen LogP contribution in [0.5, 0.6) is 0 Å². The Balaban J connectivity index is 1.42. The van der Waals surface area contributed by atoms with Crippen LogP contribution in [0.3, 0.4) is 0 Å². The van der Waals surface area contributed by atoms with Gasteiger partial charge in [0, 0.05) is 18.9 Å².